The average molecular weight is 308 g/mol. The zero-order valence-corrected chi connectivity index (χ0v) is 12.6. The summed E-state index contributed by atoms with van der Waals surface area (Å²) < 4.78 is 13.3. The Bertz CT molecular complexity index is 693. The van der Waals surface area contributed by atoms with Gasteiger partial charge in [0, 0.05) is 32.0 Å². The fraction of sp³-hybridized carbons (Fsp3) is 0.167. The molecule has 0 N–H and O–H groups in total. The standard InChI is InChI=1S/C18H17FN4/c19-18-9-5-8-17(22-18)14-23(12-15-6-1-3-10-20-15)13-16-7-2-4-11-21-16/h1-11H,12-14H2. The van der Waals surface area contributed by atoms with E-state index in [2.05, 4.69) is 19.9 Å². The van der Waals surface area contributed by atoms with Crippen molar-refractivity contribution in [3.05, 3.63) is 90.0 Å². The van der Waals surface area contributed by atoms with Gasteiger partial charge in [0.2, 0.25) is 5.95 Å². The molecule has 0 saturated carbocycles. The van der Waals surface area contributed by atoms with Gasteiger partial charge in [-0.1, -0.05) is 18.2 Å². The van der Waals surface area contributed by atoms with Crippen LogP contribution in [-0.4, -0.2) is 19.9 Å². The van der Waals surface area contributed by atoms with E-state index in [9.17, 15) is 4.39 Å². The Hall–Kier alpha value is -2.66. The monoisotopic (exact) mass is 308 g/mol. The first-order chi connectivity index (χ1) is 11.3. The second-order valence-electron chi connectivity index (χ2n) is 5.24. The Balaban J connectivity index is 1.77. The maximum Gasteiger partial charge on any atom is 0.213 e. The molecule has 0 amide bonds. The minimum atomic E-state index is -0.460. The lowest BCUT2D eigenvalue weighted by Gasteiger charge is -2.21. The highest BCUT2D eigenvalue weighted by Crippen LogP contribution is 2.11. The third-order valence-electron chi connectivity index (χ3n) is 3.38. The van der Waals surface area contributed by atoms with Crippen molar-refractivity contribution in [1.82, 2.24) is 19.9 Å². The number of rotatable bonds is 6. The summed E-state index contributed by atoms with van der Waals surface area (Å²) in [7, 11) is 0. The summed E-state index contributed by atoms with van der Waals surface area (Å²) in [5, 5.41) is 0. The van der Waals surface area contributed by atoms with Gasteiger partial charge in [-0.3, -0.25) is 14.9 Å². The molecule has 0 atom stereocenters. The van der Waals surface area contributed by atoms with Gasteiger partial charge in [-0.25, -0.2) is 4.98 Å². The van der Waals surface area contributed by atoms with E-state index in [1.54, 1.807) is 18.5 Å². The minimum absolute atomic E-state index is 0.460. The number of hydrogen-bond donors (Lipinski definition) is 0. The molecule has 3 heterocycles. The van der Waals surface area contributed by atoms with E-state index in [1.165, 1.54) is 6.07 Å². The molecule has 3 aromatic rings. The molecule has 0 unspecified atom stereocenters. The predicted octanol–water partition coefficient (Wildman–Crippen LogP) is 3.21. The summed E-state index contributed by atoms with van der Waals surface area (Å²) in [5.74, 6) is -0.460. The molecule has 4 nitrogen and oxygen atoms in total. The van der Waals surface area contributed by atoms with Crippen molar-refractivity contribution in [2.45, 2.75) is 19.6 Å². The summed E-state index contributed by atoms with van der Waals surface area (Å²) in [6.07, 6.45) is 3.55. The van der Waals surface area contributed by atoms with Crippen molar-refractivity contribution in [2.24, 2.45) is 0 Å². The van der Waals surface area contributed by atoms with Crippen molar-refractivity contribution in [1.29, 1.82) is 0 Å². The van der Waals surface area contributed by atoms with E-state index in [0.717, 1.165) is 11.4 Å². The van der Waals surface area contributed by atoms with Gasteiger partial charge in [-0.15, -0.1) is 0 Å². The van der Waals surface area contributed by atoms with Crippen molar-refractivity contribution < 1.29 is 4.39 Å². The second-order valence-corrected chi connectivity index (χ2v) is 5.24. The van der Waals surface area contributed by atoms with Crippen molar-refractivity contribution in [3.63, 3.8) is 0 Å². The quantitative estimate of drug-likeness (QED) is 0.656. The van der Waals surface area contributed by atoms with Gasteiger partial charge in [0.25, 0.3) is 0 Å². The molecule has 0 bridgehead atoms. The lowest BCUT2D eigenvalue weighted by molar-refractivity contribution is 0.238. The van der Waals surface area contributed by atoms with Gasteiger partial charge in [-0.2, -0.15) is 4.39 Å². The van der Waals surface area contributed by atoms with Gasteiger partial charge in [-0.05, 0) is 36.4 Å². The van der Waals surface area contributed by atoms with Crippen LogP contribution in [0.5, 0.6) is 0 Å². The molecule has 0 aliphatic rings. The molecular weight excluding hydrogens is 291 g/mol. The highest BCUT2D eigenvalue weighted by atomic mass is 19.1. The average Bonchev–Trinajstić information content (AvgIpc) is 2.57. The van der Waals surface area contributed by atoms with Crippen LogP contribution in [0.3, 0.4) is 0 Å². The third kappa shape index (κ3) is 4.66. The maximum absolute atomic E-state index is 13.3. The summed E-state index contributed by atoms with van der Waals surface area (Å²) in [5.41, 5.74) is 2.61. The van der Waals surface area contributed by atoms with Gasteiger partial charge in [0.1, 0.15) is 0 Å². The van der Waals surface area contributed by atoms with Crippen LogP contribution < -0.4 is 0 Å². The van der Waals surface area contributed by atoms with Crippen molar-refractivity contribution >= 4 is 0 Å². The molecule has 3 rings (SSSR count). The fourth-order valence-electron chi connectivity index (χ4n) is 2.38. The summed E-state index contributed by atoms with van der Waals surface area (Å²) >= 11 is 0. The largest absolute Gasteiger partial charge is 0.286 e. The number of halogens is 1. The predicted molar refractivity (Wildman–Crippen MR) is 85.6 cm³/mol. The highest BCUT2D eigenvalue weighted by Gasteiger charge is 2.11. The topological polar surface area (TPSA) is 41.9 Å². The molecule has 116 valence electrons. The summed E-state index contributed by atoms with van der Waals surface area (Å²) in [4.78, 5) is 14.8. The van der Waals surface area contributed by atoms with Crippen molar-refractivity contribution in [3.8, 4) is 0 Å². The molecule has 0 aromatic carbocycles. The molecule has 0 aliphatic carbocycles. The SMILES string of the molecule is Fc1cccc(CN(Cc2ccccn2)Cc2ccccn2)n1. The van der Waals surface area contributed by atoms with E-state index < -0.39 is 5.95 Å². The fourth-order valence-corrected chi connectivity index (χ4v) is 2.38. The normalized spacial score (nSPS) is 10.9. The Morgan fingerprint density at radius 2 is 1.26 bits per heavy atom. The lowest BCUT2D eigenvalue weighted by Crippen LogP contribution is -2.24. The van der Waals surface area contributed by atoms with Crippen LogP contribution in [0.1, 0.15) is 17.1 Å². The number of nitrogens with zero attached hydrogens (tertiary/aromatic N) is 4. The van der Waals surface area contributed by atoms with E-state index in [0.29, 0.717) is 25.3 Å². The Labute approximate surface area is 134 Å². The van der Waals surface area contributed by atoms with Gasteiger partial charge < -0.3 is 0 Å². The van der Waals surface area contributed by atoms with Crippen LogP contribution in [-0.2, 0) is 19.6 Å². The van der Waals surface area contributed by atoms with E-state index >= 15 is 0 Å². The van der Waals surface area contributed by atoms with E-state index in [4.69, 9.17) is 0 Å². The van der Waals surface area contributed by atoms with Crippen LogP contribution in [0, 0.1) is 5.95 Å². The van der Waals surface area contributed by atoms with Gasteiger partial charge in [0.15, 0.2) is 0 Å². The molecule has 5 heteroatoms. The molecule has 0 fully saturated rings. The van der Waals surface area contributed by atoms with Crippen LogP contribution in [0.15, 0.2) is 67.0 Å². The second kappa shape index (κ2) is 7.56. The molecule has 3 aromatic heterocycles. The van der Waals surface area contributed by atoms with Gasteiger partial charge >= 0.3 is 0 Å². The molecule has 0 saturated heterocycles. The van der Waals surface area contributed by atoms with Crippen LogP contribution in [0.4, 0.5) is 4.39 Å². The molecule has 23 heavy (non-hydrogen) atoms. The number of pyridine rings is 3. The van der Waals surface area contributed by atoms with E-state index in [-0.39, 0.29) is 0 Å². The Morgan fingerprint density at radius 3 is 1.78 bits per heavy atom. The molecule has 0 aliphatic heterocycles. The molecule has 0 radical (unpaired) electrons. The highest BCUT2D eigenvalue weighted by molar-refractivity contribution is 5.09. The van der Waals surface area contributed by atoms with Gasteiger partial charge in [0.05, 0.1) is 17.1 Å². The molecular formula is C18H17FN4. The third-order valence-corrected chi connectivity index (χ3v) is 3.38. The number of aromatic nitrogens is 3. The smallest absolute Gasteiger partial charge is 0.213 e. The van der Waals surface area contributed by atoms with Crippen molar-refractivity contribution in [2.75, 3.05) is 0 Å². The first kappa shape index (κ1) is 15.2. The summed E-state index contributed by atoms with van der Waals surface area (Å²) in [6, 6.07) is 16.5. The maximum atomic E-state index is 13.3. The number of hydrogen-bond acceptors (Lipinski definition) is 4. The lowest BCUT2D eigenvalue weighted by atomic mass is 10.2. The van der Waals surface area contributed by atoms with Crippen LogP contribution in [0.2, 0.25) is 0 Å². The first-order valence-corrected chi connectivity index (χ1v) is 7.43. The van der Waals surface area contributed by atoms with E-state index in [1.807, 2.05) is 42.5 Å². The first-order valence-electron chi connectivity index (χ1n) is 7.43. The zero-order valence-electron chi connectivity index (χ0n) is 12.6. The van der Waals surface area contributed by atoms with Crippen LogP contribution in [0.25, 0.3) is 0 Å². The minimum Gasteiger partial charge on any atom is -0.286 e. The zero-order chi connectivity index (χ0) is 15.9. The van der Waals surface area contributed by atoms with Crippen LogP contribution >= 0.6 is 0 Å². The summed E-state index contributed by atoms with van der Waals surface area (Å²) in [6.45, 7) is 1.83. The molecule has 0 spiro atoms. The Kier molecular flexibility index (Phi) is 5.01. The Morgan fingerprint density at radius 1 is 0.696 bits per heavy atom.